The van der Waals surface area contributed by atoms with Crippen molar-refractivity contribution in [3.8, 4) is 5.69 Å². The normalized spacial score (nSPS) is 18.6. The van der Waals surface area contributed by atoms with Gasteiger partial charge in [-0.05, 0) is 37.5 Å². The number of para-hydroxylation sites is 1. The maximum absolute atomic E-state index is 12.2. The van der Waals surface area contributed by atoms with Gasteiger partial charge in [0.05, 0.1) is 29.0 Å². The molecule has 6 heteroatoms. The summed E-state index contributed by atoms with van der Waals surface area (Å²) in [6.07, 6.45) is 4.49. The molecule has 22 heavy (non-hydrogen) atoms. The first kappa shape index (κ1) is 15.2. The zero-order valence-electron chi connectivity index (χ0n) is 12.4. The van der Waals surface area contributed by atoms with Crippen LogP contribution in [0, 0.1) is 0 Å². The molecule has 0 bridgehead atoms. The summed E-state index contributed by atoms with van der Waals surface area (Å²) >= 11 is 0. The Labute approximate surface area is 130 Å². The van der Waals surface area contributed by atoms with Gasteiger partial charge in [0.25, 0.3) is 0 Å². The monoisotopic (exact) mass is 320 g/mol. The Morgan fingerprint density at radius 2 is 2.05 bits per heavy atom. The van der Waals surface area contributed by atoms with Crippen molar-refractivity contribution in [2.24, 2.45) is 0 Å². The van der Waals surface area contributed by atoms with Gasteiger partial charge in [-0.25, -0.2) is 13.1 Å². The number of aromatic nitrogens is 2. The second-order valence-electron chi connectivity index (χ2n) is 5.60. The lowest BCUT2D eigenvalue weighted by Crippen LogP contribution is -2.16. The first-order valence-corrected chi connectivity index (χ1v) is 9.36. The highest BCUT2D eigenvalue weighted by atomic mass is 32.2. The lowest BCUT2D eigenvalue weighted by atomic mass is 10.2. The molecule has 1 saturated heterocycles. The van der Waals surface area contributed by atoms with Gasteiger partial charge in [0.1, 0.15) is 0 Å². The molecule has 0 radical (unpaired) electrons. The summed E-state index contributed by atoms with van der Waals surface area (Å²) in [4.78, 5) is 0. The largest absolute Gasteiger partial charge is 0.378 e. The fraction of sp³-hybridized carbons (Fsp3) is 0.438. The molecule has 2 aromatic rings. The smallest absolute Gasteiger partial charge is 0.156 e. The molecular weight excluding hydrogens is 300 g/mol. The predicted molar refractivity (Wildman–Crippen MR) is 84.6 cm³/mol. The Balaban J connectivity index is 1.61. The quantitative estimate of drug-likeness (QED) is 0.820. The van der Waals surface area contributed by atoms with Crippen LogP contribution in [0.15, 0.2) is 42.6 Å². The molecule has 1 unspecified atom stereocenters. The molecule has 0 amide bonds. The molecule has 5 nitrogen and oxygen atoms in total. The molecule has 0 aliphatic carbocycles. The van der Waals surface area contributed by atoms with Crippen LogP contribution in [0.25, 0.3) is 5.69 Å². The molecule has 3 rings (SSSR count). The Bertz CT molecular complexity index is 704. The van der Waals surface area contributed by atoms with Gasteiger partial charge in [-0.3, -0.25) is 0 Å². The van der Waals surface area contributed by atoms with Crippen LogP contribution in [0.2, 0.25) is 0 Å². The van der Waals surface area contributed by atoms with E-state index in [4.69, 9.17) is 4.74 Å². The summed E-state index contributed by atoms with van der Waals surface area (Å²) in [6.45, 7) is 0.756. The van der Waals surface area contributed by atoms with Crippen molar-refractivity contribution in [2.45, 2.75) is 31.1 Å². The van der Waals surface area contributed by atoms with Crippen LogP contribution in [0.4, 0.5) is 0 Å². The Hall–Kier alpha value is -1.66. The van der Waals surface area contributed by atoms with E-state index in [9.17, 15) is 8.42 Å². The van der Waals surface area contributed by atoms with Crippen LogP contribution in [-0.2, 0) is 20.3 Å². The molecule has 1 atom stereocenters. The van der Waals surface area contributed by atoms with Crippen molar-refractivity contribution in [3.05, 3.63) is 48.3 Å². The van der Waals surface area contributed by atoms with Crippen molar-refractivity contribution in [3.63, 3.8) is 0 Å². The molecule has 0 saturated carbocycles. The summed E-state index contributed by atoms with van der Waals surface area (Å²) in [6, 6.07) is 11.4. The lowest BCUT2D eigenvalue weighted by molar-refractivity contribution is 0.109. The Morgan fingerprint density at radius 3 is 2.77 bits per heavy atom. The van der Waals surface area contributed by atoms with E-state index in [1.54, 1.807) is 16.9 Å². The van der Waals surface area contributed by atoms with Crippen LogP contribution in [0.3, 0.4) is 0 Å². The third-order valence-electron chi connectivity index (χ3n) is 3.81. The third-order valence-corrected chi connectivity index (χ3v) is 5.40. The molecule has 1 aromatic heterocycles. The van der Waals surface area contributed by atoms with Gasteiger partial charge in [-0.2, -0.15) is 5.10 Å². The first-order chi connectivity index (χ1) is 10.6. The topological polar surface area (TPSA) is 61.2 Å². The molecular formula is C16H20N2O3S. The highest BCUT2D eigenvalue weighted by molar-refractivity contribution is 7.90. The summed E-state index contributed by atoms with van der Waals surface area (Å²) in [5.41, 5.74) is 1.50. The third kappa shape index (κ3) is 3.96. The first-order valence-electron chi connectivity index (χ1n) is 7.54. The van der Waals surface area contributed by atoms with Crippen molar-refractivity contribution < 1.29 is 13.2 Å². The minimum Gasteiger partial charge on any atom is -0.378 e. The lowest BCUT2D eigenvalue weighted by Gasteiger charge is -2.08. The maximum atomic E-state index is 12.2. The number of sulfone groups is 1. The molecule has 1 aromatic carbocycles. The molecule has 0 N–H and O–H groups in total. The van der Waals surface area contributed by atoms with Crippen LogP contribution in [0.5, 0.6) is 0 Å². The molecule has 1 aliphatic heterocycles. The van der Waals surface area contributed by atoms with Crippen LogP contribution in [0.1, 0.15) is 25.0 Å². The second kappa shape index (κ2) is 6.62. The number of hydrogen-bond donors (Lipinski definition) is 0. The van der Waals surface area contributed by atoms with Gasteiger partial charge in [0.2, 0.25) is 0 Å². The van der Waals surface area contributed by atoms with E-state index < -0.39 is 9.84 Å². The van der Waals surface area contributed by atoms with E-state index in [1.807, 2.05) is 30.3 Å². The van der Waals surface area contributed by atoms with Gasteiger partial charge in [-0.15, -0.1) is 0 Å². The molecule has 2 heterocycles. The van der Waals surface area contributed by atoms with Crippen LogP contribution < -0.4 is 0 Å². The van der Waals surface area contributed by atoms with Crippen molar-refractivity contribution in [1.82, 2.24) is 9.78 Å². The van der Waals surface area contributed by atoms with E-state index in [2.05, 4.69) is 5.10 Å². The van der Waals surface area contributed by atoms with Crippen molar-refractivity contribution >= 4 is 9.84 Å². The number of rotatable bonds is 6. The Morgan fingerprint density at radius 1 is 1.23 bits per heavy atom. The highest BCUT2D eigenvalue weighted by Crippen LogP contribution is 2.17. The molecule has 0 spiro atoms. The van der Waals surface area contributed by atoms with Gasteiger partial charge >= 0.3 is 0 Å². The average molecular weight is 320 g/mol. The summed E-state index contributed by atoms with van der Waals surface area (Å²) in [5.74, 6) is 0.148. The summed E-state index contributed by atoms with van der Waals surface area (Å²) < 4.78 is 31.6. The SMILES string of the molecule is O=S(=O)(CCC1CCCO1)Cc1ccn(-c2ccccc2)n1. The minimum absolute atomic E-state index is 0.0143. The van der Waals surface area contributed by atoms with E-state index in [1.165, 1.54) is 0 Å². The fourth-order valence-electron chi connectivity index (χ4n) is 2.64. The van der Waals surface area contributed by atoms with E-state index in [-0.39, 0.29) is 17.6 Å². The molecule has 1 fully saturated rings. The number of hydrogen-bond acceptors (Lipinski definition) is 4. The van der Waals surface area contributed by atoms with Crippen LogP contribution >= 0.6 is 0 Å². The summed E-state index contributed by atoms with van der Waals surface area (Å²) in [5, 5.41) is 4.35. The van der Waals surface area contributed by atoms with Gasteiger partial charge in [0, 0.05) is 12.8 Å². The van der Waals surface area contributed by atoms with Gasteiger partial charge in [0.15, 0.2) is 9.84 Å². The van der Waals surface area contributed by atoms with E-state index in [0.717, 1.165) is 25.1 Å². The van der Waals surface area contributed by atoms with Gasteiger partial charge in [-0.1, -0.05) is 18.2 Å². The Kier molecular flexibility index (Phi) is 4.59. The number of nitrogens with zero attached hydrogens (tertiary/aromatic N) is 2. The van der Waals surface area contributed by atoms with Crippen molar-refractivity contribution in [2.75, 3.05) is 12.4 Å². The zero-order valence-corrected chi connectivity index (χ0v) is 13.2. The standard InChI is InChI=1S/C16H20N2O3S/c19-22(20,12-9-16-7-4-11-21-16)13-14-8-10-18(17-14)15-5-2-1-3-6-15/h1-3,5-6,8,10,16H,4,7,9,11-13H2. The van der Waals surface area contributed by atoms with Gasteiger partial charge < -0.3 is 4.74 Å². The number of benzene rings is 1. The zero-order chi connectivity index (χ0) is 15.4. The molecule has 1 aliphatic rings. The molecule has 118 valence electrons. The fourth-order valence-corrected chi connectivity index (χ4v) is 4.01. The van der Waals surface area contributed by atoms with E-state index >= 15 is 0 Å². The highest BCUT2D eigenvalue weighted by Gasteiger charge is 2.20. The number of ether oxygens (including phenoxy) is 1. The average Bonchev–Trinajstić information content (AvgIpc) is 3.17. The summed E-state index contributed by atoms with van der Waals surface area (Å²) in [7, 11) is -3.15. The predicted octanol–water partition coefficient (Wildman–Crippen LogP) is 2.36. The second-order valence-corrected chi connectivity index (χ2v) is 7.79. The van der Waals surface area contributed by atoms with Crippen LogP contribution in [-0.4, -0.2) is 36.7 Å². The maximum Gasteiger partial charge on any atom is 0.156 e. The van der Waals surface area contributed by atoms with Crippen molar-refractivity contribution in [1.29, 1.82) is 0 Å². The minimum atomic E-state index is -3.15. The van der Waals surface area contributed by atoms with E-state index in [0.29, 0.717) is 12.1 Å².